The van der Waals surface area contributed by atoms with Gasteiger partial charge in [0.05, 0.1) is 11.9 Å². The molecule has 0 bridgehead atoms. The van der Waals surface area contributed by atoms with Gasteiger partial charge in [0.1, 0.15) is 6.04 Å². The van der Waals surface area contributed by atoms with E-state index >= 15 is 0 Å². The molecule has 0 radical (unpaired) electrons. The lowest BCUT2D eigenvalue weighted by molar-refractivity contribution is -0.120. The van der Waals surface area contributed by atoms with Crippen molar-refractivity contribution in [3.63, 3.8) is 0 Å². The van der Waals surface area contributed by atoms with Crippen molar-refractivity contribution >= 4 is 33.6 Å². The molecule has 0 aliphatic carbocycles. The zero-order chi connectivity index (χ0) is 12.8. The molecule has 3 amide bonds. The van der Waals surface area contributed by atoms with Gasteiger partial charge in [-0.25, -0.2) is 4.79 Å². The number of nitrogens with one attached hydrogen (secondary N) is 3. The molecule has 0 saturated carbocycles. The Kier molecular flexibility index (Phi) is 4.89. The maximum atomic E-state index is 11.5. The molecule has 17 heavy (non-hydrogen) atoms. The van der Waals surface area contributed by atoms with Crippen LogP contribution in [0.15, 0.2) is 22.9 Å². The SMILES string of the molecule is CNC(=O)NC(=O)C(C)Nc1cncc(Br)c1. The molecule has 1 heterocycles. The molecule has 1 aromatic rings. The van der Waals surface area contributed by atoms with E-state index in [0.717, 1.165) is 4.47 Å². The maximum Gasteiger partial charge on any atom is 0.321 e. The Morgan fingerprint density at radius 3 is 2.71 bits per heavy atom. The van der Waals surface area contributed by atoms with Crippen LogP contribution in [0.1, 0.15) is 6.92 Å². The topological polar surface area (TPSA) is 83.1 Å². The Labute approximate surface area is 107 Å². The molecule has 3 N–H and O–H groups in total. The fourth-order valence-electron chi connectivity index (χ4n) is 1.09. The van der Waals surface area contributed by atoms with Crippen molar-refractivity contribution in [3.8, 4) is 0 Å². The van der Waals surface area contributed by atoms with Gasteiger partial charge in [0.25, 0.3) is 0 Å². The molecule has 0 spiro atoms. The van der Waals surface area contributed by atoms with Crippen LogP contribution in [0.4, 0.5) is 10.5 Å². The number of urea groups is 1. The number of carbonyl (C=O) groups is 2. The van der Waals surface area contributed by atoms with Crippen molar-refractivity contribution in [1.29, 1.82) is 0 Å². The summed E-state index contributed by atoms with van der Waals surface area (Å²) in [5.74, 6) is -0.413. The molecule has 1 rings (SSSR count). The number of aromatic nitrogens is 1. The van der Waals surface area contributed by atoms with Gasteiger partial charge in [-0.2, -0.15) is 0 Å². The third kappa shape index (κ3) is 4.39. The number of hydrogen-bond donors (Lipinski definition) is 3. The summed E-state index contributed by atoms with van der Waals surface area (Å²) in [6.07, 6.45) is 3.23. The summed E-state index contributed by atoms with van der Waals surface area (Å²) < 4.78 is 0.807. The van der Waals surface area contributed by atoms with Crippen molar-refractivity contribution in [3.05, 3.63) is 22.9 Å². The standard InChI is InChI=1S/C10H13BrN4O2/c1-6(9(16)15-10(17)12-2)14-8-3-7(11)4-13-5-8/h3-6,14H,1-2H3,(H2,12,15,16,17). The zero-order valence-electron chi connectivity index (χ0n) is 9.45. The van der Waals surface area contributed by atoms with E-state index in [1.807, 2.05) is 0 Å². The number of halogens is 1. The number of amides is 3. The summed E-state index contributed by atoms with van der Waals surface area (Å²) in [4.78, 5) is 26.4. The summed E-state index contributed by atoms with van der Waals surface area (Å²) in [6, 6.07) is 0.718. The molecular weight excluding hydrogens is 288 g/mol. The first kappa shape index (κ1) is 13.4. The predicted molar refractivity (Wildman–Crippen MR) is 67.6 cm³/mol. The molecule has 0 saturated heterocycles. The van der Waals surface area contributed by atoms with Crippen LogP contribution in [0.3, 0.4) is 0 Å². The summed E-state index contributed by atoms with van der Waals surface area (Å²) >= 11 is 3.27. The third-order valence-electron chi connectivity index (χ3n) is 1.95. The van der Waals surface area contributed by atoms with Crippen molar-refractivity contribution in [2.24, 2.45) is 0 Å². The van der Waals surface area contributed by atoms with E-state index < -0.39 is 18.0 Å². The third-order valence-corrected chi connectivity index (χ3v) is 2.38. The number of pyridine rings is 1. The lowest BCUT2D eigenvalue weighted by Gasteiger charge is -2.14. The number of rotatable bonds is 3. The van der Waals surface area contributed by atoms with E-state index in [0.29, 0.717) is 5.69 Å². The van der Waals surface area contributed by atoms with E-state index in [1.165, 1.54) is 7.05 Å². The van der Waals surface area contributed by atoms with Crippen molar-refractivity contribution in [2.75, 3.05) is 12.4 Å². The minimum atomic E-state index is -0.539. The molecular formula is C10H13BrN4O2. The fourth-order valence-corrected chi connectivity index (χ4v) is 1.45. The minimum absolute atomic E-state index is 0.413. The van der Waals surface area contributed by atoms with Crippen LogP contribution in [0.5, 0.6) is 0 Å². The Morgan fingerprint density at radius 1 is 1.41 bits per heavy atom. The van der Waals surface area contributed by atoms with Gasteiger partial charge in [0.2, 0.25) is 5.91 Å². The monoisotopic (exact) mass is 300 g/mol. The van der Waals surface area contributed by atoms with Gasteiger partial charge in [-0.15, -0.1) is 0 Å². The first-order valence-electron chi connectivity index (χ1n) is 4.92. The van der Waals surface area contributed by atoms with Crippen LogP contribution in [0.25, 0.3) is 0 Å². The Morgan fingerprint density at radius 2 is 2.12 bits per heavy atom. The normalized spacial score (nSPS) is 11.5. The number of imide groups is 1. The van der Waals surface area contributed by atoms with Gasteiger partial charge >= 0.3 is 6.03 Å². The van der Waals surface area contributed by atoms with Crippen molar-refractivity contribution in [1.82, 2.24) is 15.6 Å². The minimum Gasteiger partial charge on any atom is -0.373 e. The quantitative estimate of drug-likeness (QED) is 0.780. The summed E-state index contributed by atoms with van der Waals surface area (Å²) in [5.41, 5.74) is 0.693. The van der Waals surface area contributed by atoms with E-state index in [4.69, 9.17) is 0 Å². The summed E-state index contributed by atoms with van der Waals surface area (Å²) in [5, 5.41) is 7.41. The largest absolute Gasteiger partial charge is 0.373 e. The highest BCUT2D eigenvalue weighted by Gasteiger charge is 2.14. The molecule has 0 aromatic carbocycles. The van der Waals surface area contributed by atoms with Crippen LogP contribution in [0.2, 0.25) is 0 Å². The number of carbonyl (C=O) groups excluding carboxylic acids is 2. The van der Waals surface area contributed by atoms with Gasteiger partial charge in [0.15, 0.2) is 0 Å². The highest BCUT2D eigenvalue weighted by molar-refractivity contribution is 9.10. The molecule has 1 unspecified atom stereocenters. The fraction of sp³-hybridized carbons (Fsp3) is 0.300. The second-order valence-electron chi connectivity index (χ2n) is 3.33. The van der Waals surface area contributed by atoms with Gasteiger partial charge in [-0.3, -0.25) is 15.1 Å². The van der Waals surface area contributed by atoms with Gasteiger partial charge < -0.3 is 10.6 Å². The molecule has 1 aromatic heterocycles. The lowest BCUT2D eigenvalue weighted by atomic mass is 10.3. The van der Waals surface area contributed by atoms with E-state index in [9.17, 15) is 9.59 Å². The van der Waals surface area contributed by atoms with Crippen LogP contribution in [0, 0.1) is 0 Å². The second-order valence-corrected chi connectivity index (χ2v) is 4.24. The molecule has 0 fully saturated rings. The van der Waals surface area contributed by atoms with Crippen LogP contribution in [-0.2, 0) is 4.79 Å². The van der Waals surface area contributed by atoms with Crippen LogP contribution < -0.4 is 16.0 Å². The molecule has 0 aliphatic heterocycles. The Balaban J connectivity index is 2.57. The van der Waals surface area contributed by atoms with E-state index in [2.05, 4.69) is 36.9 Å². The predicted octanol–water partition coefficient (Wildman–Crippen LogP) is 1.10. The highest BCUT2D eigenvalue weighted by atomic mass is 79.9. The van der Waals surface area contributed by atoms with Crippen molar-refractivity contribution in [2.45, 2.75) is 13.0 Å². The number of nitrogens with zero attached hydrogens (tertiary/aromatic N) is 1. The summed E-state index contributed by atoms with van der Waals surface area (Å²) in [7, 11) is 1.44. The second kappa shape index (κ2) is 6.19. The van der Waals surface area contributed by atoms with E-state index in [-0.39, 0.29) is 0 Å². The van der Waals surface area contributed by atoms with Crippen LogP contribution in [-0.4, -0.2) is 30.0 Å². The smallest absolute Gasteiger partial charge is 0.321 e. The van der Waals surface area contributed by atoms with Crippen LogP contribution >= 0.6 is 15.9 Å². The molecule has 6 nitrogen and oxygen atoms in total. The molecule has 7 heteroatoms. The zero-order valence-corrected chi connectivity index (χ0v) is 11.0. The Bertz CT molecular complexity index is 425. The van der Waals surface area contributed by atoms with Gasteiger partial charge in [-0.1, -0.05) is 0 Å². The molecule has 1 atom stereocenters. The molecule has 92 valence electrons. The first-order valence-corrected chi connectivity index (χ1v) is 5.72. The highest BCUT2D eigenvalue weighted by Crippen LogP contribution is 2.14. The maximum absolute atomic E-state index is 11.5. The van der Waals surface area contributed by atoms with Crippen molar-refractivity contribution < 1.29 is 9.59 Å². The Hall–Kier alpha value is -1.63. The number of anilines is 1. The van der Waals surface area contributed by atoms with Gasteiger partial charge in [0, 0.05) is 17.7 Å². The average molecular weight is 301 g/mol. The van der Waals surface area contributed by atoms with Gasteiger partial charge in [-0.05, 0) is 28.9 Å². The summed E-state index contributed by atoms with van der Waals surface area (Å²) in [6.45, 7) is 1.65. The molecule has 0 aliphatic rings. The lowest BCUT2D eigenvalue weighted by Crippen LogP contribution is -2.44. The van der Waals surface area contributed by atoms with E-state index in [1.54, 1.807) is 25.4 Å². The number of hydrogen-bond acceptors (Lipinski definition) is 4. The first-order chi connectivity index (χ1) is 8.02. The average Bonchev–Trinajstić information content (AvgIpc) is 2.28.